The first-order valence-electron chi connectivity index (χ1n) is 12.6. The summed E-state index contributed by atoms with van der Waals surface area (Å²) in [6.45, 7) is 5.14. The number of hydrogen-bond acceptors (Lipinski definition) is 4. The van der Waals surface area contributed by atoms with E-state index in [9.17, 15) is 9.59 Å². The van der Waals surface area contributed by atoms with E-state index in [4.69, 9.17) is 0 Å². The normalized spacial score (nSPS) is 20.5. The van der Waals surface area contributed by atoms with E-state index in [1.165, 1.54) is 36.0 Å². The van der Waals surface area contributed by atoms with Gasteiger partial charge in [-0.3, -0.25) is 4.79 Å². The van der Waals surface area contributed by atoms with Gasteiger partial charge in [-0.05, 0) is 66.7 Å². The maximum atomic E-state index is 12.8. The van der Waals surface area contributed by atoms with Gasteiger partial charge in [0.05, 0.1) is 6.04 Å². The van der Waals surface area contributed by atoms with Gasteiger partial charge in [-0.25, -0.2) is 4.79 Å². The number of fused-ring (bicyclic) bond motifs is 1. The van der Waals surface area contributed by atoms with Crippen LogP contribution >= 0.6 is 0 Å². The van der Waals surface area contributed by atoms with Gasteiger partial charge in [0.1, 0.15) is 0 Å². The topological polar surface area (TPSA) is 64.7 Å². The Balaban J connectivity index is 1.13. The molecule has 0 saturated carbocycles. The predicted octanol–water partition coefficient (Wildman–Crippen LogP) is 4.42. The van der Waals surface area contributed by atoms with Crippen LogP contribution in [0.5, 0.6) is 0 Å². The third kappa shape index (κ3) is 5.40. The SMILES string of the molecule is O=C(CCN1CCCCC1)C1CC(c2ccc(NC(=O)N3Cc4ccccc4C3)cc2)=CCN1. The van der Waals surface area contributed by atoms with Gasteiger partial charge in [0, 0.05) is 38.3 Å². The van der Waals surface area contributed by atoms with Crippen molar-refractivity contribution in [2.24, 2.45) is 0 Å². The van der Waals surface area contributed by atoms with Gasteiger partial charge in [0.25, 0.3) is 0 Å². The van der Waals surface area contributed by atoms with Crippen LogP contribution in [-0.4, -0.2) is 53.8 Å². The minimum atomic E-state index is -0.110. The third-order valence-electron chi connectivity index (χ3n) is 7.28. The molecule has 3 heterocycles. The Hall–Kier alpha value is -2.96. The Morgan fingerprint density at radius 2 is 1.65 bits per heavy atom. The van der Waals surface area contributed by atoms with Crippen molar-refractivity contribution in [3.05, 3.63) is 71.3 Å². The number of ketones is 1. The van der Waals surface area contributed by atoms with Crippen molar-refractivity contribution in [3.63, 3.8) is 0 Å². The summed E-state index contributed by atoms with van der Waals surface area (Å²) >= 11 is 0. The number of benzene rings is 2. The van der Waals surface area contributed by atoms with Crippen molar-refractivity contribution in [1.82, 2.24) is 15.1 Å². The van der Waals surface area contributed by atoms with Crippen molar-refractivity contribution in [2.45, 2.75) is 51.2 Å². The van der Waals surface area contributed by atoms with Crippen molar-refractivity contribution in [1.29, 1.82) is 0 Å². The first-order valence-corrected chi connectivity index (χ1v) is 12.6. The van der Waals surface area contributed by atoms with Gasteiger partial charge < -0.3 is 20.4 Å². The number of anilines is 1. The van der Waals surface area contributed by atoms with Gasteiger partial charge >= 0.3 is 6.03 Å². The van der Waals surface area contributed by atoms with Crippen molar-refractivity contribution < 1.29 is 9.59 Å². The molecule has 0 spiro atoms. The number of piperidine rings is 1. The van der Waals surface area contributed by atoms with Gasteiger partial charge in [-0.1, -0.05) is 48.9 Å². The minimum Gasteiger partial charge on any atom is -0.316 e. The van der Waals surface area contributed by atoms with E-state index in [1.807, 2.05) is 41.3 Å². The quantitative estimate of drug-likeness (QED) is 0.672. The lowest BCUT2D eigenvalue weighted by Gasteiger charge is -2.28. The lowest BCUT2D eigenvalue weighted by molar-refractivity contribution is -0.121. The smallest absolute Gasteiger partial charge is 0.316 e. The van der Waals surface area contributed by atoms with E-state index >= 15 is 0 Å². The molecule has 1 unspecified atom stereocenters. The summed E-state index contributed by atoms with van der Waals surface area (Å²) < 4.78 is 0. The molecule has 0 bridgehead atoms. The molecule has 5 rings (SSSR count). The van der Waals surface area contributed by atoms with Crippen LogP contribution in [-0.2, 0) is 17.9 Å². The molecule has 6 heteroatoms. The molecule has 1 atom stereocenters. The molecule has 6 nitrogen and oxygen atoms in total. The average molecular weight is 459 g/mol. The van der Waals surface area contributed by atoms with Crippen molar-refractivity contribution in [3.8, 4) is 0 Å². The van der Waals surface area contributed by atoms with Crippen LogP contribution in [0.15, 0.2) is 54.6 Å². The van der Waals surface area contributed by atoms with Crippen molar-refractivity contribution in [2.75, 3.05) is 31.5 Å². The van der Waals surface area contributed by atoms with Crippen LogP contribution in [0.3, 0.4) is 0 Å². The number of carbonyl (C=O) groups excluding carboxylic acids is 2. The van der Waals surface area contributed by atoms with E-state index in [2.05, 4.69) is 33.7 Å². The lowest BCUT2D eigenvalue weighted by Crippen LogP contribution is -2.41. The number of urea groups is 1. The molecule has 2 aromatic rings. The summed E-state index contributed by atoms with van der Waals surface area (Å²) in [4.78, 5) is 29.8. The Bertz CT molecular complexity index is 1030. The molecule has 2 aromatic carbocycles. The van der Waals surface area contributed by atoms with Crippen molar-refractivity contribution >= 4 is 23.1 Å². The van der Waals surface area contributed by atoms with Crippen LogP contribution in [0, 0.1) is 0 Å². The fourth-order valence-electron chi connectivity index (χ4n) is 5.24. The molecule has 0 aromatic heterocycles. The van der Waals surface area contributed by atoms with Crippen LogP contribution in [0.2, 0.25) is 0 Å². The molecule has 0 radical (unpaired) electrons. The minimum absolute atomic E-state index is 0.0793. The maximum Gasteiger partial charge on any atom is 0.322 e. The molecule has 2 N–H and O–H groups in total. The maximum absolute atomic E-state index is 12.8. The summed E-state index contributed by atoms with van der Waals surface area (Å²) in [6.07, 6.45) is 7.34. The zero-order chi connectivity index (χ0) is 23.3. The lowest BCUT2D eigenvalue weighted by atomic mass is 9.92. The number of carbonyl (C=O) groups is 2. The zero-order valence-electron chi connectivity index (χ0n) is 19.8. The first-order chi connectivity index (χ1) is 16.7. The van der Waals surface area contributed by atoms with Crippen LogP contribution in [0.1, 0.15) is 48.8 Å². The van der Waals surface area contributed by atoms with E-state index in [1.54, 1.807) is 0 Å². The molecule has 3 aliphatic heterocycles. The molecule has 34 heavy (non-hydrogen) atoms. The number of rotatable bonds is 6. The molecule has 0 aliphatic carbocycles. The molecule has 3 aliphatic rings. The van der Waals surface area contributed by atoms with E-state index in [0.29, 0.717) is 31.8 Å². The highest BCUT2D eigenvalue weighted by atomic mass is 16.2. The summed E-state index contributed by atoms with van der Waals surface area (Å²) in [5.74, 6) is 0.312. The Labute approximate surface area is 202 Å². The van der Waals surface area contributed by atoms with E-state index in [-0.39, 0.29) is 12.1 Å². The Morgan fingerprint density at radius 1 is 0.941 bits per heavy atom. The number of hydrogen-bond donors (Lipinski definition) is 2. The molecule has 1 saturated heterocycles. The molecular formula is C28H34N4O2. The van der Waals surface area contributed by atoms with Crippen LogP contribution < -0.4 is 10.6 Å². The number of Topliss-reactive ketones (excluding diaryl/α,β-unsaturated/α-hetero) is 1. The van der Waals surface area contributed by atoms with Gasteiger partial charge in [-0.2, -0.15) is 0 Å². The summed E-state index contributed by atoms with van der Waals surface area (Å²) in [7, 11) is 0. The molecule has 1 fully saturated rings. The largest absolute Gasteiger partial charge is 0.322 e. The fourth-order valence-corrected chi connectivity index (χ4v) is 5.24. The third-order valence-corrected chi connectivity index (χ3v) is 7.28. The second-order valence-corrected chi connectivity index (χ2v) is 9.65. The van der Waals surface area contributed by atoms with Crippen LogP contribution in [0.4, 0.5) is 10.5 Å². The second-order valence-electron chi connectivity index (χ2n) is 9.65. The Morgan fingerprint density at radius 3 is 2.35 bits per heavy atom. The van der Waals surface area contributed by atoms with E-state index < -0.39 is 0 Å². The molecular weight excluding hydrogens is 424 g/mol. The highest BCUT2D eigenvalue weighted by molar-refractivity contribution is 5.90. The molecule has 178 valence electrons. The number of likely N-dealkylation sites (tertiary alicyclic amines) is 1. The summed E-state index contributed by atoms with van der Waals surface area (Å²) in [5, 5.41) is 6.40. The second kappa shape index (κ2) is 10.5. The number of amides is 2. The fraction of sp³-hybridized carbons (Fsp3) is 0.429. The standard InChI is InChI=1S/C28H34N4O2/c33-27(13-17-31-15-4-1-5-16-31)26-18-22(12-14-29-26)21-8-10-25(11-9-21)30-28(34)32-19-23-6-2-3-7-24(23)20-32/h2-3,6-12,26,29H,1,4-5,13-20H2,(H,30,34). The van der Waals surface area contributed by atoms with Gasteiger partial charge in [-0.15, -0.1) is 0 Å². The summed E-state index contributed by atoms with van der Waals surface area (Å²) in [6, 6.07) is 16.0. The van der Waals surface area contributed by atoms with Gasteiger partial charge in [0.2, 0.25) is 0 Å². The summed E-state index contributed by atoms with van der Waals surface area (Å²) in [5.41, 5.74) is 5.52. The highest BCUT2D eigenvalue weighted by Gasteiger charge is 2.25. The predicted molar refractivity (Wildman–Crippen MR) is 135 cm³/mol. The number of nitrogens with zero attached hydrogens (tertiary/aromatic N) is 2. The van der Waals surface area contributed by atoms with E-state index in [0.717, 1.165) is 37.3 Å². The number of nitrogens with one attached hydrogen (secondary N) is 2. The highest BCUT2D eigenvalue weighted by Crippen LogP contribution is 2.26. The molecule has 2 amide bonds. The van der Waals surface area contributed by atoms with Gasteiger partial charge in [0.15, 0.2) is 5.78 Å². The van der Waals surface area contributed by atoms with Crippen LogP contribution in [0.25, 0.3) is 5.57 Å². The monoisotopic (exact) mass is 458 g/mol. The first kappa shape index (κ1) is 22.8. The average Bonchev–Trinajstić information content (AvgIpc) is 3.33. The zero-order valence-corrected chi connectivity index (χ0v) is 19.8. The Kier molecular flexibility index (Phi) is 7.07.